The number of hydrogen-bond acceptors (Lipinski definition) is 4. The van der Waals surface area contributed by atoms with E-state index in [1.807, 2.05) is 12.2 Å². The van der Waals surface area contributed by atoms with Gasteiger partial charge < -0.3 is 14.3 Å². The Hall–Kier alpha value is -1.16. The molecule has 0 fully saturated rings. The summed E-state index contributed by atoms with van der Waals surface area (Å²) in [5.41, 5.74) is 0. The molecule has 1 aliphatic rings. The highest BCUT2D eigenvalue weighted by atomic mass is 16.5. The van der Waals surface area contributed by atoms with Gasteiger partial charge in [0.05, 0.1) is 26.2 Å². The van der Waals surface area contributed by atoms with E-state index in [4.69, 9.17) is 4.74 Å². The van der Waals surface area contributed by atoms with Crippen molar-refractivity contribution in [2.24, 2.45) is 5.92 Å². The van der Waals surface area contributed by atoms with Gasteiger partial charge in [-0.05, 0) is 6.42 Å². The predicted octanol–water partition coefficient (Wildman–Crippen LogP) is 1.10. The number of rotatable bonds is 5. The van der Waals surface area contributed by atoms with Crippen LogP contribution in [0.15, 0.2) is 12.2 Å². The van der Waals surface area contributed by atoms with E-state index in [0.717, 1.165) is 6.29 Å². The van der Waals surface area contributed by atoms with Crippen molar-refractivity contribution in [2.75, 3.05) is 13.7 Å². The van der Waals surface area contributed by atoms with Crippen molar-refractivity contribution in [2.45, 2.75) is 25.4 Å². The van der Waals surface area contributed by atoms with Crippen LogP contribution in [0, 0.1) is 5.92 Å². The van der Waals surface area contributed by atoms with Gasteiger partial charge in [-0.15, -0.1) is 0 Å². The zero-order valence-corrected chi connectivity index (χ0v) is 8.85. The lowest BCUT2D eigenvalue weighted by Crippen LogP contribution is -2.23. The lowest BCUT2D eigenvalue weighted by atomic mass is 10.0. The first-order chi connectivity index (χ1) is 7.26. The highest BCUT2D eigenvalue weighted by Gasteiger charge is 2.18. The molecular formula is C11H16O4. The SMILES string of the molecule is COC(=O)C[C@@H]1C=C[C@H](CCC=O)OC1. The van der Waals surface area contributed by atoms with Crippen molar-refractivity contribution in [3.05, 3.63) is 12.2 Å². The van der Waals surface area contributed by atoms with Gasteiger partial charge in [-0.2, -0.15) is 0 Å². The number of esters is 1. The molecule has 0 saturated heterocycles. The minimum atomic E-state index is -0.223. The van der Waals surface area contributed by atoms with E-state index in [9.17, 15) is 9.59 Å². The van der Waals surface area contributed by atoms with E-state index in [0.29, 0.717) is 25.9 Å². The molecule has 0 bridgehead atoms. The summed E-state index contributed by atoms with van der Waals surface area (Å²) >= 11 is 0. The number of hydrogen-bond donors (Lipinski definition) is 0. The maximum atomic E-state index is 11.0. The molecule has 1 aliphatic heterocycles. The fraction of sp³-hybridized carbons (Fsp3) is 0.636. The maximum Gasteiger partial charge on any atom is 0.306 e. The van der Waals surface area contributed by atoms with Crippen LogP contribution in [0.4, 0.5) is 0 Å². The summed E-state index contributed by atoms with van der Waals surface area (Å²) in [6.45, 7) is 0.523. The Morgan fingerprint density at radius 3 is 2.93 bits per heavy atom. The van der Waals surface area contributed by atoms with Crippen molar-refractivity contribution in [3.8, 4) is 0 Å². The summed E-state index contributed by atoms with van der Waals surface area (Å²) in [6, 6.07) is 0. The van der Waals surface area contributed by atoms with Crippen LogP contribution in [-0.2, 0) is 19.1 Å². The van der Waals surface area contributed by atoms with E-state index in [2.05, 4.69) is 4.74 Å². The second-order valence-corrected chi connectivity index (χ2v) is 3.54. The molecule has 84 valence electrons. The highest BCUT2D eigenvalue weighted by molar-refractivity contribution is 5.69. The molecule has 0 radical (unpaired) electrons. The topological polar surface area (TPSA) is 52.6 Å². The molecule has 0 saturated carbocycles. The largest absolute Gasteiger partial charge is 0.469 e. The molecular weight excluding hydrogens is 196 g/mol. The Balaban J connectivity index is 2.30. The monoisotopic (exact) mass is 212 g/mol. The minimum absolute atomic E-state index is 0.0177. The predicted molar refractivity (Wildman–Crippen MR) is 54.3 cm³/mol. The molecule has 0 spiro atoms. The zero-order valence-electron chi connectivity index (χ0n) is 8.85. The Morgan fingerprint density at radius 2 is 2.40 bits per heavy atom. The smallest absolute Gasteiger partial charge is 0.306 e. The molecule has 0 N–H and O–H groups in total. The van der Waals surface area contributed by atoms with Gasteiger partial charge in [0.1, 0.15) is 6.29 Å². The number of ether oxygens (including phenoxy) is 2. The Morgan fingerprint density at radius 1 is 1.60 bits per heavy atom. The molecule has 1 rings (SSSR count). The first-order valence-electron chi connectivity index (χ1n) is 5.06. The molecule has 15 heavy (non-hydrogen) atoms. The van der Waals surface area contributed by atoms with E-state index in [1.165, 1.54) is 7.11 Å². The van der Waals surface area contributed by atoms with Gasteiger partial charge in [-0.1, -0.05) is 12.2 Å². The first kappa shape index (κ1) is 11.9. The summed E-state index contributed by atoms with van der Waals surface area (Å²) in [5.74, 6) is -0.121. The lowest BCUT2D eigenvalue weighted by Gasteiger charge is -2.22. The molecule has 0 aromatic heterocycles. The molecule has 0 aromatic rings. The average Bonchev–Trinajstić information content (AvgIpc) is 2.28. The third kappa shape index (κ3) is 4.25. The van der Waals surface area contributed by atoms with Crippen LogP contribution in [-0.4, -0.2) is 32.1 Å². The van der Waals surface area contributed by atoms with Crippen molar-refractivity contribution in [1.82, 2.24) is 0 Å². The van der Waals surface area contributed by atoms with Crippen LogP contribution < -0.4 is 0 Å². The molecule has 0 aromatic carbocycles. The van der Waals surface area contributed by atoms with E-state index >= 15 is 0 Å². The highest BCUT2D eigenvalue weighted by Crippen LogP contribution is 2.17. The van der Waals surface area contributed by atoms with Gasteiger partial charge in [-0.3, -0.25) is 4.79 Å². The van der Waals surface area contributed by atoms with Gasteiger partial charge in [-0.25, -0.2) is 0 Å². The second-order valence-electron chi connectivity index (χ2n) is 3.54. The summed E-state index contributed by atoms with van der Waals surface area (Å²) in [6.07, 6.45) is 6.37. The van der Waals surface area contributed by atoms with Crippen LogP contribution in [0.3, 0.4) is 0 Å². The molecule has 0 aliphatic carbocycles. The molecule has 4 heteroatoms. The van der Waals surface area contributed by atoms with Crippen LogP contribution >= 0.6 is 0 Å². The Kier molecular flexibility index (Phi) is 5.04. The molecule has 0 unspecified atom stereocenters. The fourth-order valence-electron chi connectivity index (χ4n) is 1.48. The lowest BCUT2D eigenvalue weighted by molar-refractivity contribution is -0.142. The van der Waals surface area contributed by atoms with Gasteiger partial charge >= 0.3 is 5.97 Å². The van der Waals surface area contributed by atoms with Crippen molar-refractivity contribution < 1.29 is 19.1 Å². The summed E-state index contributed by atoms with van der Waals surface area (Å²) in [5, 5.41) is 0. The Labute approximate surface area is 89.2 Å². The van der Waals surface area contributed by atoms with Gasteiger partial charge in [0.25, 0.3) is 0 Å². The minimum Gasteiger partial charge on any atom is -0.469 e. The van der Waals surface area contributed by atoms with Crippen molar-refractivity contribution >= 4 is 12.3 Å². The standard InChI is InChI=1S/C11H16O4/c1-14-11(13)7-9-4-5-10(15-8-9)3-2-6-12/h4-6,9-10H,2-3,7-8H2,1H3/t9-,10-/m0/s1. The quantitative estimate of drug-likeness (QED) is 0.389. The van der Waals surface area contributed by atoms with Crippen LogP contribution in [0.1, 0.15) is 19.3 Å². The third-order valence-electron chi connectivity index (χ3n) is 2.35. The van der Waals surface area contributed by atoms with Gasteiger partial charge in [0, 0.05) is 12.3 Å². The zero-order chi connectivity index (χ0) is 11.1. The second kappa shape index (κ2) is 6.35. The van der Waals surface area contributed by atoms with E-state index in [-0.39, 0.29) is 18.0 Å². The van der Waals surface area contributed by atoms with Crippen LogP contribution in [0.5, 0.6) is 0 Å². The molecule has 2 atom stereocenters. The summed E-state index contributed by atoms with van der Waals surface area (Å²) in [7, 11) is 1.38. The number of aldehydes is 1. The summed E-state index contributed by atoms with van der Waals surface area (Å²) < 4.78 is 10.1. The van der Waals surface area contributed by atoms with Crippen molar-refractivity contribution in [3.63, 3.8) is 0 Å². The van der Waals surface area contributed by atoms with Crippen molar-refractivity contribution in [1.29, 1.82) is 0 Å². The number of carbonyl (C=O) groups is 2. The molecule has 4 nitrogen and oxygen atoms in total. The normalized spacial score (nSPS) is 24.9. The van der Waals surface area contributed by atoms with Gasteiger partial charge in [0.15, 0.2) is 0 Å². The summed E-state index contributed by atoms with van der Waals surface area (Å²) in [4.78, 5) is 21.1. The molecule has 1 heterocycles. The van der Waals surface area contributed by atoms with Crippen LogP contribution in [0.2, 0.25) is 0 Å². The Bertz CT molecular complexity index is 247. The third-order valence-corrected chi connectivity index (χ3v) is 2.35. The van der Waals surface area contributed by atoms with E-state index < -0.39 is 0 Å². The van der Waals surface area contributed by atoms with Gasteiger partial charge in [0.2, 0.25) is 0 Å². The van der Waals surface area contributed by atoms with E-state index in [1.54, 1.807) is 0 Å². The average molecular weight is 212 g/mol. The number of carbonyl (C=O) groups excluding carboxylic acids is 2. The first-order valence-corrected chi connectivity index (χ1v) is 5.06. The maximum absolute atomic E-state index is 11.0. The fourth-order valence-corrected chi connectivity index (χ4v) is 1.48. The van der Waals surface area contributed by atoms with Crippen LogP contribution in [0.25, 0.3) is 0 Å². The number of methoxy groups -OCH3 is 1. The molecule has 0 amide bonds.